The van der Waals surface area contributed by atoms with E-state index < -0.39 is 4.92 Å². The third-order valence-corrected chi connectivity index (χ3v) is 6.14. The maximum atomic E-state index is 13.1. The number of hydrogen-bond acceptors (Lipinski definition) is 5. The SMILES string of the molecule is O=C(c1cc([N+](=O)[O-])ccc1Sc1ccccc1)N1C[C@H]2CNC[C@H]2C1. The second-order valence-electron chi connectivity index (χ2n) is 6.74. The molecule has 1 amide bonds. The fraction of sp³-hybridized carbons (Fsp3) is 0.316. The average Bonchev–Trinajstić information content (AvgIpc) is 3.24. The predicted octanol–water partition coefficient (Wildman–Crippen LogP) is 3.04. The molecule has 4 rings (SSSR count). The van der Waals surface area contributed by atoms with Crippen molar-refractivity contribution in [3.63, 3.8) is 0 Å². The second-order valence-corrected chi connectivity index (χ2v) is 7.86. The van der Waals surface area contributed by atoms with E-state index in [1.54, 1.807) is 6.07 Å². The number of nitro groups is 1. The van der Waals surface area contributed by atoms with E-state index in [1.165, 1.54) is 23.9 Å². The lowest BCUT2D eigenvalue weighted by Crippen LogP contribution is -2.32. The number of hydrogen-bond donors (Lipinski definition) is 1. The Labute approximate surface area is 155 Å². The van der Waals surface area contributed by atoms with Crippen molar-refractivity contribution >= 4 is 23.4 Å². The van der Waals surface area contributed by atoms with Crippen LogP contribution in [0.5, 0.6) is 0 Å². The number of rotatable bonds is 4. The fourth-order valence-corrected chi connectivity index (χ4v) is 4.63. The molecule has 0 bridgehead atoms. The van der Waals surface area contributed by atoms with Crippen LogP contribution in [-0.4, -0.2) is 41.9 Å². The highest BCUT2D eigenvalue weighted by Crippen LogP contribution is 2.35. The largest absolute Gasteiger partial charge is 0.338 e. The predicted molar refractivity (Wildman–Crippen MR) is 99.4 cm³/mol. The van der Waals surface area contributed by atoms with Crippen LogP contribution in [0.4, 0.5) is 5.69 Å². The molecule has 2 aliphatic heterocycles. The minimum absolute atomic E-state index is 0.0492. The molecule has 2 atom stereocenters. The van der Waals surface area contributed by atoms with Crippen molar-refractivity contribution in [2.75, 3.05) is 26.2 Å². The van der Waals surface area contributed by atoms with Crippen LogP contribution in [0.1, 0.15) is 10.4 Å². The molecule has 1 N–H and O–H groups in total. The molecule has 0 radical (unpaired) electrons. The molecule has 7 heteroatoms. The first-order chi connectivity index (χ1) is 12.6. The van der Waals surface area contributed by atoms with Crippen molar-refractivity contribution < 1.29 is 9.72 Å². The first-order valence-corrected chi connectivity index (χ1v) is 9.45. The van der Waals surface area contributed by atoms with Crippen molar-refractivity contribution in [1.29, 1.82) is 0 Å². The first kappa shape index (κ1) is 17.1. The number of fused-ring (bicyclic) bond motifs is 1. The smallest absolute Gasteiger partial charge is 0.270 e. The molecule has 2 saturated heterocycles. The van der Waals surface area contributed by atoms with Crippen molar-refractivity contribution in [3.05, 3.63) is 64.2 Å². The molecule has 2 heterocycles. The number of benzene rings is 2. The van der Waals surface area contributed by atoms with E-state index in [9.17, 15) is 14.9 Å². The normalized spacial score (nSPS) is 21.6. The Morgan fingerprint density at radius 1 is 1.12 bits per heavy atom. The van der Waals surface area contributed by atoms with Crippen LogP contribution in [0.3, 0.4) is 0 Å². The maximum absolute atomic E-state index is 13.1. The third-order valence-electron chi connectivity index (χ3n) is 5.05. The summed E-state index contributed by atoms with van der Waals surface area (Å²) in [6.07, 6.45) is 0. The number of carbonyl (C=O) groups excluding carboxylic acids is 1. The summed E-state index contributed by atoms with van der Waals surface area (Å²) in [6, 6.07) is 14.3. The Hall–Kier alpha value is -2.38. The van der Waals surface area contributed by atoms with Gasteiger partial charge in [0.05, 0.1) is 10.5 Å². The summed E-state index contributed by atoms with van der Waals surface area (Å²) in [6.45, 7) is 3.31. The Morgan fingerprint density at radius 3 is 2.46 bits per heavy atom. The van der Waals surface area contributed by atoms with Gasteiger partial charge in [-0.3, -0.25) is 14.9 Å². The zero-order valence-electron chi connectivity index (χ0n) is 14.1. The van der Waals surface area contributed by atoms with Gasteiger partial charge in [0.1, 0.15) is 0 Å². The van der Waals surface area contributed by atoms with Crippen molar-refractivity contribution in [3.8, 4) is 0 Å². The van der Waals surface area contributed by atoms with Gasteiger partial charge in [-0.15, -0.1) is 0 Å². The molecule has 6 nitrogen and oxygen atoms in total. The quantitative estimate of drug-likeness (QED) is 0.662. The van der Waals surface area contributed by atoms with E-state index in [1.807, 2.05) is 35.2 Å². The summed E-state index contributed by atoms with van der Waals surface area (Å²) in [5.41, 5.74) is 0.368. The van der Waals surface area contributed by atoms with E-state index in [4.69, 9.17) is 0 Å². The lowest BCUT2D eigenvalue weighted by Gasteiger charge is -2.19. The molecule has 2 aromatic rings. The molecule has 0 aromatic heterocycles. The molecule has 2 aromatic carbocycles. The number of nitrogens with zero attached hydrogens (tertiary/aromatic N) is 2. The van der Waals surface area contributed by atoms with Gasteiger partial charge < -0.3 is 10.2 Å². The van der Waals surface area contributed by atoms with E-state index >= 15 is 0 Å². The number of carbonyl (C=O) groups is 1. The zero-order valence-corrected chi connectivity index (χ0v) is 14.9. The van der Waals surface area contributed by atoms with Gasteiger partial charge in [0.15, 0.2) is 0 Å². The van der Waals surface area contributed by atoms with Gasteiger partial charge in [0.2, 0.25) is 0 Å². The summed E-state index contributed by atoms with van der Waals surface area (Å²) >= 11 is 1.46. The van der Waals surface area contributed by atoms with Crippen LogP contribution < -0.4 is 5.32 Å². The number of nitro benzene ring substituents is 1. The van der Waals surface area contributed by atoms with Gasteiger partial charge in [-0.2, -0.15) is 0 Å². The lowest BCUT2D eigenvalue weighted by molar-refractivity contribution is -0.384. The van der Waals surface area contributed by atoms with Gasteiger partial charge in [-0.05, 0) is 30.0 Å². The molecule has 0 unspecified atom stereocenters. The Morgan fingerprint density at radius 2 is 1.81 bits per heavy atom. The van der Waals surface area contributed by atoms with E-state index in [2.05, 4.69) is 5.32 Å². The van der Waals surface area contributed by atoms with E-state index in [0.29, 0.717) is 30.5 Å². The summed E-state index contributed by atoms with van der Waals surface area (Å²) in [5, 5.41) is 14.6. The van der Waals surface area contributed by atoms with Gasteiger partial charge in [-0.1, -0.05) is 30.0 Å². The fourth-order valence-electron chi connectivity index (χ4n) is 3.69. The monoisotopic (exact) mass is 369 g/mol. The molecule has 134 valence electrons. The van der Waals surface area contributed by atoms with Gasteiger partial charge >= 0.3 is 0 Å². The van der Waals surface area contributed by atoms with Crippen molar-refractivity contribution in [2.24, 2.45) is 11.8 Å². The summed E-state index contributed by atoms with van der Waals surface area (Å²) in [7, 11) is 0. The van der Waals surface area contributed by atoms with Gasteiger partial charge in [0.25, 0.3) is 11.6 Å². The molecule has 26 heavy (non-hydrogen) atoms. The molecular formula is C19H19N3O3S. The van der Waals surface area contributed by atoms with E-state index in [0.717, 1.165) is 22.9 Å². The van der Waals surface area contributed by atoms with Crippen LogP contribution in [0, 0.1) is 22.0 Å². The summed E-state index contributed by atoms with van der Waals surface area (Å²) < 4.78 is 0. The summed E-state index contributed by atoms with van der Waals surface area (Å²) in [5.74, 6) is 0.868. The molecular weight excluding hydrogens is 350 g/mol. The maximum Gasteiger partial charge on any atom is 0.270 e. The van der Waals surface area contributed by atoms with Crippen LogP contribution in [0.15, 0.2) is 58.3 Å². The Kier molecular flexibility index (Phi) is 4.65. The second kappa shape index (κ2) is 7.09. The van der Waals surface area contributed by atoms with Crippen LogP contribution in [0.25, 0.3) is 0 Å². The van der Waals surface area contributed by atoms with Crippen molar-refractivity contribution in [1.82, 2.24) is 10.2 Å². The Bertz CT molecular complexity index is 831. The first-order valence-electron chi connectivity index (χ1n) is 8.63. The highest BCUT2D eigenvalue weighted by Gasteiger charge is 2.39. The number of nitrogens with one attached hydrogen (secondary N) is 1. The van der Waals surface area contributed by atoms with Gasteiger partial charge in [0, 0.05) is 48.1 Å². The highest BCUT2D eigenvalue weighted by molar-refractivity contribution is 7.99. The van der Waals surface area contributed by atoms with Crippen molar-refractivity contribution in [2.45, 2.75) is 9.79 Å². The molecule has 2 aliphatic rings. The van der Waals surface area contributed by atoms with E-state index in [-0.39, 0.29) is 11.6 Å². The number of non-ortho nitro benzene ring substituents is 1. The van der Waals surface area contributed by atoms with Crippen LogP contribution in [-0.2, 0) is 0 Å². The molecule has 2 fully saturated rings. The van der Waals surface area contributed by atoms with Crippen LogP contribution in [0.2, 0.25) is 0 Å². The minimum atomic E-state index is -0.448. The number of likely N-dealkylation sites (tertiary alicyclic amines) is 1. The zero-order chi connectivity index (χ0) is 18.1. The van der Waals surface area contributed by atoms with Gasteiger partial charge in [-0.25, -0.2) is 0 Å². The lowest BCUT2D eigenvalue weighted by atomic mass is 10.0. The number of amides is 1. The Balaban J connectivity index is 1.64. The molecule has 0 saturated carbocycles. The average molecular weight is 369 g/mol. The topological polar surface area (TPSA) is 75.5 Å². The third kappa shape index (κ3) is 3.32. The van der Waals surface area contributed by atoms with Crippen LogP contribution >= 0.6 is 11.8 Å². The molecule has 0 spiro atoms. The minimum Gasteiger partial charge on any atom is -0.338 e. The molecule has 0 aliphatic carbocycles. The highest BCUT2D eigenvalue weighted by atomic mass is 32.2. The standard InChI is InChI=1S/C19H19N3O3S/c23-19(21-11-13-9-20-10-14(13)12-21)17-8-15(22(24)25)6-7-18(17)26-16-4-2-1-3-5-16/h1-8,13-14,20H,9-12H2/t13-,14+. The summed E-state index contributed by atoms with van der Waals surface area (Å²) in [4.78, 5) is 27.5.